The fourth-order valence-corrected chi connectivity index (χ4v) is 2.15. The van der Waals surface area contributed by atoms with Gasteiger partial charge >= 0.3 is 0 Å². The molecule has 0 aromatic rings. The third-order valence-electron chi connectivity index (χ3n) is 3.30. The maximum atomic E-state index is 11.9. The maximum absolute atomic E-state index is 11.9. The number of carbonyl (C=O) groups is 1. The van der Waals surface area contributed by atoms with Crippen molar-refractivity contribution in [2.24, 2.45) is 0 Å². The fourth-order valence-electron chi connectivity index (χ4n) is 2.15. The van der Waals surface area contributed by atoms with Crippen molar-refractivity contribution >= 4 is 5.91 Å². The van der Waals surface area contributed by atoms with Crippen LogP contribution in [-0.4, -0.2) is 60.1 Å². The molecule has 4 heteroatoms. The first-order chi connectivity index (χ1) is 8.77. The van der Waals surface area contributed by atoms with Crippen LogP contribution >= 0.6 is 0 Å². The molecule has 0 aromatic carbocycles. The average molecular weight is 254 g/mol. The van der Waals surface area contributed by atoms with Gasteiger partial charge in [-0.25, -0.2) is 0 Å². The molecule has 1 saturated heterocycles. The zero-order chi connectivity index (χ0) is 13.2. The van der Waals surface area contributed by atoms with Crippen molar-refractivity contribution < 1.29 is 9.90 Å². The van der Waals surface area contributed by atoms with Gasteiger partial charge in [-0.2, -0.15) is 0 Å². The van der Waals surface area contributed by atoms with Crippen LogP contribution in [-0.2, 0) is 4.79 Å². The Labute approximate surface area is 110 Å². The van der Waals surface area contributed by atoms with Crippen LogP contribution in [0.2, 0.25) is 0 Å². The summed E-state index contributed by atoms with van der Waals surface area (Å²) >= 11 is 0. The minimum Gasteiger partial charge on any atom is -0.396 e. The molecule has 1 heterocycles. The van der Waals surface area contributed by atoms with E-state index in [1.54, 1.807) is 0 Å². The summed E-state index contributed by atoms with van der Waals surface area (Å²) in [5.74, 6) is 0.245. The van der Waals surface area contributed by atoms with Gasteiger partial charge in [0, 0.05) is 39.2 Å². The van der Waals surface area contributed by atoms with Crippen LogP contribution in [0.25, 0.3) is 0 Å². The molecule has 0 aromatic heterocycles. The smallest absolute Gasteiger partial charge is 0.226 e. The number of unbranched alkanes of at least 4 members (excludes halogenated alkanes) is 1. The molecule has 1 amide bonds. The van der Waals surface area contributed by atoms with Crippen molar-refractivity contribution in [3.8, 4) is 0 Å². The molecule has 0 unspecified atom stereocenters. The summed E-state index contributed by atoms with van der Waals surface area (Å²) in [7, 11) is 0. The van der Waals surface area contributed by atoms with Gasteiger partial charge in [-0.05, 0) is 25.8 Å². The van der Waals surface area contributed by atoms with Crippen LogP contribution in [0.3, 0.4) is 0 Å². The van der Waals surface area contributed by atoms with E-state index in [4.69, 9.17) is 5.11 Å². The second-order valence-corrected chi connectivity index (χ2v) is 4.74. The largest absolute Gasteiger partial charge is 0.396 e. The first-order valence-electron chi connectivity index (χ1n) is 7.04. The molecular weight excluding hydrogens is 228 g/mol. The lowest BCUT2D eigenvalue weighted by Gasteiger charge is -2.34. The van der Waals surface area contributed by atoms with Gasteiger partial charge in [0.2, 0.25) is 5.91 Å². The molecule has 18 heavy (non-hydrogen) atoms. The summed E-state index contributed by atoms with van der Waals surface area (Å²) in [5, 5.41) is 8.74. The van der Waals surface area contributed by atoms with E-state index in [2.05, 4.69) is 11.8 Å². The van der Waals surface area contributed by atoms with E-state index in [0.29, 0.717) is 6.42 Å². The standard InChI is InChI=1S/C14H26N2O2/c1-2-3-4-7-14(18)16-11-9-15(10-12-16)8-5-6-13-17/h3-4,17H,2,5-13H2,1H3. The zero-order valence-corrected chi connectivity index (χ0v) is 11.5. The summed E-state index contributed by atoms with van der Waals surface area (Å²) in [4.78, 5) is 16.2. The number of aliphatic hydroxyl groups excluding tert-OH is 1. The number of piperazine rings is 1. The van der Waals surface area contributed by atoms with Crippen LogP contribution in [0.4, 0.5) is 0 Å². The highest BCUT2D eigenvalue weighted by atomic mass is 16.2. The number of hydrogen-bond acceptors (Lipinski definition) is 3. The topological polar surface area (TPSA) is 43.8 Å². The van der Waals surface area contributed by atoms with Crippen molar-refractivity contribution in [1.82, 2.24) is 9.80 Å². The van der Waals surface area contributed by atoms with Crippen molar-refractivity contribution in [2.75, 3.05) is 39.3 Å². The lowest BCUT2D eigenvalue weighted by Crippen LogP contribution is -2.48. The van der Waals surface area contributed by atoms with Crippen LogP contribution in [0.15, 0.2) is 12.2 Å². The maximum Gasteiger partial charge on any atom is 0.226 e. The average Bonchev–Trinajstić information content (AvgIpc) is 2.40. The second-order valence-electron chi connectivity index (χ2n) is 4.74. The molecule has 1 fully saturated rings. The highest BCUT2D eigenvalue weighted by Crippen LogP contribution is 2.05. The summed E-state index contributed by atoms with van der Waals surface area (Å²) in [6, 6.07) is 0. The van der Waals surface area contributed by atoms with E-state index in [9.17, 15) is 4.79 Å². The van der Waals surface area contributed by atoms with Gasteiger partial charge in [-0.1, -0.05) is 19.1 Å². The number of carbonyl (C=O) groups excluding carboxylic acids is 1. The van der Waals surface area contributed by atoms with Gasteiger partial charge in [0.1, 0.15) is 0 Å². The van der Waals surface area contributed by atoms with E-state index in [-0.39, 0.29) is 12.5 Å². The van der Waals surface area contributed by atoms with Crippen molar-refractivity contribution in [2.45, 2.75) is 32.6 Å². The van der Waals surface area contributed by atoms with Gasteiger partial charge in [-0.15, -0.1) is 0 Å². The van der Waals surface area contributed by atoms with E-state index < -0.39 is 0 Å². The third kappa shape index (κ3) is 5.65. The molecule has 0 atom stereocenters. The monoisotopic (exact) mass is 254 g/mol. The zero-order valence-electron chi connectivity index (χ0n) is 11.5. The normalized spacial score (nSPS) is 17.6. The molecule has 1 aliphatic heterocycles. The van der Waals surface area contributed by atoms with Crippen LogP contribution in [0.1, 0.15) is 32.6 Å². The molecule has 0 radical (unpaired) electrons. The SMILES string of the molecule is CCC=CCC(=O)N1CCN(CCCCO)CC1. The highest BCUT2D eigenvalue weighted by molar-refractivity contribution is 5.77. The Morgan fingerprint density at radius 3 is 2.50 bits per heavy atom. The van der Waals surface area contributed by atoms with Crippen LogP contribution < -0.4 is 0 Å². The second kappa shape index (κ2) is 9.11. The number of allylic oxidation sites excluding steroid dienone is 1. The van der Waals surface area contributed by atoms with E-state index in [0.717, 1.165) is 52.0 Å². The minimum absolute atomic E-state index is 0.245. The van der Waals surface area contributed by atoms with Crippen LogP contribution in [0, 0.1) is 0 Å². The quantitative estimate of drug-likeness (QED) is 0.549. The molecule has 104 valence electrons. The Morgan fingerprint density at radius 2 is 1.89 bits per heavy atom. The minimum atomic E-state index is 0.245. The highest BCUT2D eigenvalue weighted by Gasteiger charge is 2.19. The summed E-state index contributed by atoms with van der Waals surface area (Å²) in [6.07, 6.45) is 7.47. The first-order valence-corrected chi connectivity index (χ1v) is 7.04. The first kappa shape index (κ1) is 15.2. The fraction of sp³-hybridized carbons (Fsp3) is 0.786. The molecule has 1 rings (SSSR count). The van der Waals surface area contributed by atoms with Gasteiger partial charge < -0.3 is 10.0 Å². The Hall–Kier alpha value is -0.870. The summed E-state index contributed by atoms with van der Waals surface area (Å²) < 4.78 is 0. The Kier molecular flexibility index (Phi) is 7.69. The molecular formula is C14H26N2O2. The Bertz CT molecular complexity index is 259. The molecule has 0 spiro atoms. The molecule has 4 nitrogen and oxygen atoms in total. The van der Waals surface area contributed by atoms with E-state index in [1.165, 1.54) is 0 Å². The molecule has 1 N–H and O–H groups in total. The molecule has 0 saturated carbocycles. The van der Waals surface area contributed by atoms with Gasteiger partial charge in [0.05, 0.1) is 0 Å². The summed E-state index contributed by atoms with van der Waals surface area (Å²) in [5.41, 5.74) is 0. The molecule has 0 bridgehead atoms. The molecule has 0 aliphatic carbocycles. The van der Waals surface area contributed by atoms with Crippen molar-refractivity contribution in [3.63, 3.8) is 0 Å². The van der Waals surface area contributed by atoms with Gasteiger partial charge in [0.25, 0.3) is 0 Å². The van der Waals surface area contributed by atoms with Crippen molar-refractivity contribution in [1.29, 1.82) is 0 Å². The lowest BCUT2D eigenvalue weighted by molar-refractivity contribution is -0.132. The lowest BCUT2D eigenvalue weighted by atomic mass is 10.2. The number of amides is 1. The van der Waals surface area contributed by atoms with Gasteiger partial charge in [0.15, 0.2) is 0 Å². The third-order valence-corrected chi connectivity index (χ3v) is 3.30. The predicted molar refractivity (Wildman–Crippen MR) is 73.4 cm³/mol. The number of aliphatic hydroxyl groups is 1. The van der Waals surface area contributed by atoms with Crippen molar-refractivity contribution in [3.05, 3.63) is 12.2 Å². The number of rotatable bonds is 7. The Balaban J connectivity index is 2.18. The Morgan fingerprint density at radius 1 is 1.17 bits per heavy atom. The van der Waals surface area contributed by atoms with Crippen LogP contribution in [0.5, 0.6) is 0 Å². The number of nitrogens with zero attached hydrogens (tertiary/aromatic N) is 2. The predicted octanol–water partition coefficient (Wildman–Crippen LogP) is 1.26. The van der Waals surface area contributed by atoms with Gasteiger partial charge in [-0.3, -0.25) is 9.69 Å². The summed E-state index contributed by atoms with van der Waals surface area (Å²) in [6.45, 7) is 7.02. The number of hydrogen-bond donors (Lipinski definition) is 1. The molecule has 1 aliphatic rings. The van der Waals surface area contributed by atoms with E-state index >= 15 is 0 Å². The van der Waals surface area contributed by atoms with E-state index in [1.807, 2.05) is 17.1 Å².